The lowest BCUT2D eigenvalue weighted by Crippen LogP contribution is -2.67. The molecule has 0 aromatic rings. The number of rotatable bonds is 75. The topological polar surface area (TPSA) is 188 Å². The average molecular weight is 1560 g/mol. The third kappa shape index (κ3) is 47.5. The maximum atomic E-state index is 14.2. The highest BCUT2D eigenvalue weighted by Crippen LogP contribution is 2.38. The molecule has 0 aliphatic carbocycles. The number of amides is 2. The Morgan fingerprint density at radius 3 is 1.05 bits per heavy atom. The Kier molecular flexibility index (Phi) is 62.0. The van der Waals surface area contributed by atoms with Crippen LogP contribution in [0.5, 0.6) is 0 Å². The molecule has 0 spiro atoms. The second-order valence-corrected chi connectivity index (χ2v) is 34.1. The van der Waals surface area contributed by atoms with E-state index >= 15 is 0 Å². The molecular formula is C93H175N3O14. The molecule has 4 unspecified atom stereocenters. The zero-order chi connectivity index (χ0) is 79.0. The van der Waals surface area contributed by atoms with Crippen LogP contribution >= 0.6 is 0 Å². The number of hydrogen-bond donors (Lipinski definition) is 2. The van der Waals surface area contributed by atoms with Gasteiger partial charge in [-0.25, -0.2) is 4.79 Å². The number of esters is 3. The van der Waals surface area contributed by atoms with Crippen molar-refractivity contribution in [2.45, 2.75) is 502 Å². The molecule has 2 bridgehead atoms. The molecule has 5 fully saturated rings. The monoisotopic (exact) mass is 1560 g/mol. The van der Waals surface area contributed by atoms with E-state index in [1.165, 1.54) is 323 Å². The fraction of sp³-hybridized carbons (Fsp3) is 0.957. The number of fused-ring (bicyclic) bond motifs is 3. The molecule has 0 saturated carbocycles. The van der Waals surface area contributed by atoms with Crippen molar-refractivity contribution < 1.29 is 66.5 Å². The van der Waals surface area contributed by atoms with Crippen LogP contribution in [0.4, 0.5) is 4.79 Å². The van der Waals surface area contributed by atoms with Crippen molar-refractivity contribution in [1.29, 1.82) is 0 Å². The molecule has 5 heterocycles. The minimum absolute atomic E-state index is 0.182. The van der Waals surface area contributed by atoms with Crippen LogP contribution in [0.25, 0.3) is 0 Å². The number of carbonyl (C=O) groups excluding carboxylic acids is 4. The molecule has 5 aliphatic rings. The third-order valence-electron chi connectivity index (χ3n) is 24.2. The van der Waals surface area contributed by atoms with Crippen LogP contribution in [0.15, 0.2) is 0 Å². The number of nitrogens with one attached hydrogen (secondary N) is 2. The summed E-state index contributed by atoms with van der Waals surface area (Å²) in [6.45, 7) is 19.6. The first-order valence-corrected chi connectivity index (χ1v) is 47.6. The van der Waals surface area contributed by atoms with Crippen LogP contribution in [0.3, 0.4) is 0 Å². The highest BCUT2D eigenvalue weighted by Gasteiger charge is 2.54. The smallest absolute Gasteiger partial charge is 0.316 e. The summed E-state index contributed by atoms with van der Waals surface area (Å²) in [5.74, 6) is -0.809. The van der Waals surface area contributed by atoms with Gasteiger partial charge in [-0.3, -0.25) is 19.3 Å². The van der Waals surface area contributed by atoms with Gasteiger partial charge in [0.1, 0.15) is 30.5 Å². The van der Waals surface area contributed by atoms with E-state index in [1.807, 2.05) is 0 Å². The standard InChI is InChI=1S/C93H175N3O14/c1-9-14-18-22-26-30-34-38-42-46-50-54-58-62-68-101-75-83-85(102-69-63-59-55-51-47-43-39-35-31-27-23-19-15-10-2)87(103-70-64-60-56-52-48-44-40-36-32-28-24-20-16-11-3)90(104-71-65-61-57-53-49-45-41-37-33-29-25-21-17-12-4)92(110-83)105-76-84-86(106-77(6)97)88(107-78(7)98)89(108-79(8)99)91(109-84)95-93(100)94-73-82-72-81-66-67-96(82)74-80(81)13-5/h80-92H,9-76H2,1-8H3,(H2,94,95,100)/t80?,81?,82?,83-,84-,85+,86-,87+,88+,89-,90-,91-,92+/m1/s1. The summed E-state index contributed by atoms with van der Waals surface area (Å²) in [4.78, 5) is 56.2. The largest absolute Gasteiger partial charge is 0.456 e. The second-order valence-electron chi connectivity index (χ2n) is 34.1. The summed E-state index contributed by atoms with van der Waals surface area (Å²) < 4.78 is 67.4. The van der Waals surface area contributed by atoms with Gasteiger partial charge in [0.05, 0.1) is 13.2 Å². The lowest BCUT2D eigenvalue weighted by atomic mass is 9.74. The molecular weight excluding hydrogens is 1380 g/mol. The van der Waals surface area contributed by atoms with Gasteiger partial charge in [0, 0.05) is 66.3 Å². The van der Waals surface area contributed by atoms with Crippen molar-refractivity contribution >= 4 is 23.9 Å². The Labute approximate surface area is 675 Å². The molecule has 5 saturated heterocycles. The Hall–Kier alpha value is -2.64. The second kappa shape index (κ2) is 68.4. The minimum atomic E-state index is -1.40. The molecule has 14 atom stereocenters. The Bertz CT molecular complexity index is 2160. The van der Waals surface area contributed by atoms with Gasteiger partial charge in [0.15, 0.2) is 30.8 Å². The van der Waals surface area contributed by atoms with Gasteiger partial charge in [0.25, 0.3) is 0 Å². The van der Waals surface area contributed by atoms with Gasteiger partial charge >= 0.3 is 23.9 Å². The van der Waals surface area contributed by atoms with Crippen molar-refractivity contribution in [3.05, 3.63) is 0 Å². The summed E-state index contributed by atoms with van der Waals surface area (Å²) in [6, 6.07) is -0.362. The van der Waals surface area contributed by atoms with Gasteiger partial charge in [-0.05, 0) is 56.9 Å². The van der Waals surface area contributed by atoms with E-state index in [2.05, 4.69) is 50.2 Å². The first kappa shape index (κ1) is 99.7. The number of carbonyl (C=O) groups is 4. The number of ether oxygens (including phenoxy) is 10. The number of piperidine rings is 3. The van der Waals surface area contributed by atoms with Gasteiger partial charge in [0.2, 0.25) is 0 Å². The first-order valence-electron chi connectivity index (χ1n) is 47.6. The molecule has 2 amide bonds. The molecule has 5 aliphatic heterocycles. The summed E-state index contributed by atoms with van der Waals surface area (Å²) in [7, 11) is 0. The first-order chi connectivity index (χ1) is 53.9. The van der Waals surface area contributed by atoms with Gasteiger partial charge < -0.3 is 58.0 Å². The van der Waals surface area contributed by atoms with Crippen LogP contribution in [0.1, 0.15) is 434 Å². The molecule has 646 valence electrons. The maximum absolute atomic E-state index is 14.2. The highest BCUT2D eigenvalue weighted by molar-refractivity contribution is 5.74. The van der Waals surface area contributed by atoms with Crippen molar-refractivity contribution in [2.24, 2.45) is 11.8 Å². The van der Waals surface area contributed by atoms with E-state index in [4.69, 9.17) is 47.4 Å². The van der Waals surface area contributed by atoms with E-state index in [0.29, 0.717) is 44.8 Å². The van der Waals surface area contributed by atoms with Crippen LogP contribution < -0.4 is 10.6 Å². The SMILES string of the molecule is CCCCCCCCCCCCCCCCOC[C@H]1O[C@H](OC[C@H]2O[C@@H](NC(=O)NCC3CC4CCN3CC4CC)[C@H](OC(C)=O)[C@@H](OC(C)=O)[C@@H]2OC(C)=O)[C@H](OCCCCCCCCCCCCCCCC)[C@@H](OCCCCCCCCCCCCCCCC)[C@H]1OCCCCCCCCCCCCCCCC. The fourth-order valence-electron chi connectivity index (χ4n) is 17.5. The fourth-order valence-corrected chi connectivity index (χ4v) is 17.5. The molecule has 17 heteroatoms. The summed E-state index contributed by atoms with van der Waals surface area (Å²) >= 11 is 0. The number of hydrogen-bond acceptors (Lipinski definition) is 15. The number of urea groups is 1. The molecule has 0 aromatic heterocycles. The van der Waals surface area contributed by atoms with Gasteiger partial charge in [-0.1, -0.05) is 375 Å². The van der Waals surface area contributed by atoms with Crippen molar-refractivity contribution in [1.82, 2.24) is 15.5 Å². The van der Waals surface area contributed by atoms with Crippen LogP contribution in [0, 0.1) is 11.8 Å². The summed E-state index contributed by atoms with van der Waals surface area (Å²) in [5, 5.41) is 6.03. The predicted octanol–water partition coefficient (Wildman–Crippen LogP) is 23.8. The molecule has 17 nitrogen and oxygen atoms in total. The van der Waals surface area contributed by atoms with E-state index in [0.717, 1.165) is 90.1 Å². The molecule has 0 aromatic carbocycles. The minimum Gasteiger partial charge on any atom is -0.456 e. The Balaban J connectivity index is 1.61. The summed E-state index contributed by atoms with van der Waals surface area (Å²) in [5.41, 5.74) is 0. The normalized spacial score (nSPS) is 23.9. The molecule has 110 heavy (non-hydrogen) atoms. The van der Waals surface area contributed by atoms with Crippen LogP contribution in [-0.2, 0) is 61.8 Å². The molecule has 5 rings (SSSR count). The van der Waals surface area contributed by atoms with Gasteiger partial charge in [-0.15, -0.1) is 0 Å². The summed E-state index contributed by atoms with van der Waals surface area (Å²) in [6.07, 6.45) is 63.9. The lowest BCUT2D eigenvalue weighted by molar-refractivity contribution is -0.333. The van der Waals surface area contributed by atoms with Gasteiger partial charge in [-0.2, -0.15) is 0 Å². The van der Waals surface area contributed by atoms with Crippen molar-refractivity contribution in [3.63, 3.8) is 0 Å². The zero-order valence-corrected chi connectivity index (χ0v) is 72.8. The third-order valence-corrected chi connectivity index (χ3v) is 24.2. The lowest BCUT2D eigenvalue weighted by Gasteiger charge is -2.50. The molecule has 0 radical (unpaired) electrons. The average Bonchev–Trinajstić information content (AvgIpc) is 0.785. The Morgan fingerprint density at radius 1 is 0.355 bits per heavy atom. The maximum Gasteiger partial charge on any atom is 0.316 e. The van der Waals surface area contributed by atoms with Crippen LogP contribution in [-0.4, -0.2) is 156 Å². The van der Waals surface area contributed by atoms with E-state index < -0.39 is 85.3 Å². The highest BCUT2D eigenvalue weighted by atomic mass is 16.7. The van der Waals surface area contributed by atoms with E-state index in [-0.39, 0.29) is 19.3 Å². The number of unbranched alkanes of at least 4 members (excludes halogenated alkanes) is 52. The Morgan fingerprint density at radius 2 is 0.691 bits per heavy atom. The quantitative estimate of drug-likeness (QED) is 0.0332. The zero-order valence-electron chi connectivity index (χ0n) is 72.8. The van der Waals surface area contributed by atoms with E-state index in [1.54, 1.807) is 0 Å². The van der Waals surface area contributed by atoms with Crippen LogP contribution in [0.2, 0.25) is 0 Å². The molecule has 2 N–H and O–H groups in total. The van der Waals surface area contributed by atoms with E-state index in [9.17, 15) is 19.2 Å². The number of nitrogens with zero attached hydrogens (tertiary/aromatic N) is 1. The van der Waals surface area contributed by atoms with Crippen molar-refractivity contribution in [2.75, 3.05) is 59.3 Å². The van der Waals surface area contributed by atoms with Crippen molar-refractivity contribution in [3.8, 4) is 0 Å². The predicted molar refractivity (Wildman–Crippen MR) is 450 cm³/mol.